The normalized spacial score (nSPS) is 8.12. The van der Waals surface area contributed by atoms with Crippen LogP contribution in [0.1, 0.15) is 26.7 Å². The molecule has 0 aromatic rings. The van der Waals surface area contributed by atoms with Crippen LogP contribution in [0.15, 0.2) is 37.6 Å². The van der Waals surface area contributed by atoms with Gasteiger partial charge in [0.25, 0.3) is 0 Å². The molecule has 0 aromatic carbocycles. The van der Waals surface area contributed by atoms with Crippen molar-refractivity contribution in [2.75, 3.05) is 6.61 Å². The third-order valence-electron chi connectivity index (χ3n) is 1.35. The molecule has 0 aliphatic carbocycles. The van der Waals surface area contributed by atoms with Crippen LogP contribution in [0.3, 0.4) is 0 Å². The zero-order chi connectivity index (χ0) is 13.7. The summed E-state index contributed by atoms with van der Waals surface area (Å²) in [5.74, 6) is -0.572. The first kappa shape index (κ1) is 17.6. The van der Waals surface area contributed by atoms with E-state index in [1.165, 1.54) is 6.08 Å². The number of carbonyl (C=O) groups excluding carboxylic acids is 2. The van der Waals surface area contributed by atoms with Crippen LogP contribution >= 0.6 is 0 Å². The smallest absolute Gasteiger partial charge is 0.333 e. The van der Waals surface area contributed by atoms with Gasteiger partial charge in [0, 0.05) is 12.0 Å². The molecule has 0 saturated carbocycles. The average Bonchev–Trinajstić information content (AvgIpc) is 2.27. The highest BCUT2D eigenvalue weighted by Gasteiger charge is 1.98. The average molecular weight is 240 g/mol. The lowest BCUT2D eigenvalue weighted by atomic mass is 10.3. The summed E-state index contributed by atoms with van der Waals surface area (Å²) in [5.41, 5.74) is 0.414. The molecular weight excluding hydrogens is 220 g/mol. The van der Waals surface area contributed by atoms with Gasteiger partial charge in [-0.05, 0) is 13.3 Å². The van der Waals surface area contributed by atoms with Gasteiger partial charge in [-0.2, -0.15) is 0 Å². The van der Waals surface area contributed by atoms with E-state index >= 15 is 0 Å². The topological polar surface area (TPSA) is 52.6 Å². The maximum Gasteiger partial charge on any atom is 0.333 e. The van der Waals surface area contributed by atoms with E-state index in [2.05, 4.69) is 29.2 Å². The SMILES string of the molecule is C=CCOC(=O)C(=C)C.C=COC(=O)CCC. The van der Waals surface area contributed by atoms with Crippen LogP contribution in [-0.4, -0.2) is 18.5 Å². The van der Waals surface area contributed by atoms with Crippen LogP contribution in [0.4, 0.5) is 0 Å². The molecule has 0 rings (SSSR count). The Hall–Kier alpha value is -1.84. The summed E-state index contributed by atoms with van der Waals surface area (Å²) in [7, 11) is 0. The predicted octanol–water partition coefficient (Wildman–Crippen LogP) is 2.76. The number of hydrogen-bond acceptors (Lipinski definition) is 4. The summed E-state index contributed by atoms with van der Waals surface area (Å²) < 4.78 is 9.00. The molecule has 0 saturated heterocycles. The van der Waals surface area contributed by atoms with E-state index < -0.39 is 0 Å². The van der Waals surface area contributed by atoms with E-state index in [0.717, 1.165) is 12.7 Å². The van der Waals surface area contributed by atoms with Crippen molar-refractivity contribution >= 4 is 11.9 Å². The summed E-state index contributed by atoms with van der Waals surface area (Å²) in [6.07, 6.45) is 3.97. The zero-order valence-electron chi connectivity index (χ0n) is 10.5. The second-order valence-electron chi connectivity index (χ2n) is 3.07. The van der Waals surface area contributed by atoms with Crippen molar-refractivity contribution in [2.45, 2.75) is 26.7 Å². The molecule has 0 fully saturated rings. The van der Waals surface area contributed by atoms with Crippen LogP contribution in [0, 0.1) is 0 Å². The molecule has 0 bridgehead atoms. The maximum absolute atomic E-state index is 10.5. The van der Waals surface area contributed by atoms with Gasteiger partial charge in [0.2, 0.25) is 0 Å². The molecule has 0 N–H and O–H groups in total. The molecule has 0 unspecified atom stereocenters. The van der Waals surface area contributed by atoms with Gasteiger partial charge in [0.05, 0.1) is 6.26 Å². The number of esters is 2. The molecule has 0 aliphatic heterocycles. The summed E-state index contributed by atoms with van der Waals surface area (Å²) in [4.78, 5) is 20.9. The van der Waals surface area contributed by atoms with Gasteiger partial charge in [-0.15, -0.1) is 0 Å². The van der Waals surface area contributed by atoms with Crippen molar-refractivity contribution in [3.63, 3.8) is 0 Å². The van der Waals surface area contributed by atoms with E-state index in [0.29, 0.717) is 12.0 Å². The van der Waals surface area contributed by atoms with Gasteiger partial charge >= 0.3 is 11.9 Å². The molecule has 0 atom stereocenters. The van der Waals surface area contributed by atoms with Crippen LogP contribution in [0.2, 0.25) is 0 Å². The third kappa shape index (κ3) is 14.2. The number of ether oxygens (including phenoxy) is 2. The van der Waals surface area contributed by atoms with Crippen molar-refractivity contribution in [3.05, 3.63) is 37.6 Å². The van der Waals surface area contributed by atoms with E-state index in [9.17, 15) is 9.59 Å². The van der Waals surface area contributed by atoms with Crippen molar-refractivity contribution in [1.29, 1.82) is 0 Å². The Morgan fingerprint density at radius 1 is 1.29 bits per heavy atom. The molecule has 0 radical (unpaired) electrons. The van der Waals surface area contributed by atoms with Crippen molar-refractivity contribution in [2.24, 2.45) is 0 Å². The number of carbonyl (C=O) groups is 2. The summed E-state index contributed by atoms with van der Waals surface area (Å²) >= 11 is 0. The summed E-state index contributed by atoms with van der Waals surface area (Å²) in [5, 5.41) is 0. The van der Waals surface area contributed by atoms with Crippen molar-refractivity contribution in [1.82, 2.24) is 0 Å². The van der Waals surface area contributed by atoms with Crippen LogP contribution in [-0.2, 0) is 19.1 Å². The van der Waals surface area contributed by atoms with Crippen LogP contribution in [0.25, 0.3) is 0 Å². The Morgan fingerprint density at radius 2 is 1.88 bits per heavy atom. The molecule has 0 spiro atoms. The Bertz CT molecular complexity index is 279. The molecule has 0 aromatic heterocycles. The molecule has 96 valence electrons. The lowest BCUT2D eigenvalue weighted by molar-refractivity contribution is -0.138. The second kappa shape index (κ2) is 12.2. The van der Waals surface area contributed by atoms with Crippen LogP contribution < -0.4 is 0 Å². The van der Waals surface area contributed by atoms with Gasteiger partial charge in [-0.3, -0.25) is 4.79 Å². The quantitative estimate of drug-likeness (QED) is 0.310. The predicted molar refractivity (Wildman–Crippen MR) is 67.2 cm³/mol. The second-order valence-corrected chi connectivity index (χ2v) is 3.07. The highest BCUT2D eigenvalue weighted by molar-refractivity contribution is 5.86. The first-order chi connectivity index (χ1) is 7.99. The van der Waals surface area contributed by atoms with Crippen LogP contribution in [0.5, 0.6) is 0 Å². The summed E-state index contributed by atoms with van der Waals surface area (Å²) in [6.45, 7) is 13.8. The van der Waals surface area contributed by atoms with E-state index in [-0.39, 0.29) is 18.5 Å². The van der Waals surface area contributed by atoms with Crippen molar-refractivity contribution < 1.29 is 19.1 Å². The van der Waals surface area contributed by atoms with E-state index in [1.807, 2.05) is 6.92 Å². The fourth-order valence-electron chi connectivity index (χ4n) is 0.614. The van der Waals surface area contributed by atoms with Gasteiger partial charge in [0.1, 0.15) is 6.61 Å². The zero-order valence-corrected chi connectivity index (χ0v) is 10.5. The standard InChI is InChI=1S/C7H10O2.C6H10O2/c1-4-5-9-7(8)6(2)3;1-3-5-6(7)8-4-2/h4H,1-2,5H2,3H3;4H,2-3,5H2,1H3. The Kier molecular flexibility index (Phi) is 12.6. The molecule has 0 aliphatic rings. The Labute approximate surface area is 103 Å². The number of hydrogen-bond donors (Lipinski definition) is 0. The minimum atomic E-state index is -0.366. The summed E-state index contributed by atoms with van der Waals surface area (Å²) in [6, 6.07) is 0. The highest BCUT2D eigenvalue weighted by Crippen LogP contribution is 1.90. The lowest BCUT2D eigenvalue weighted by Gasteiger charge is -1.97. The monoisotopic (exact) mass is 240 g/mol. The molecule has 17 heavy (non-hydrogen) atoms. The maximum atomic E-state index is 10.5. The van der Waals surface area contributed by atoms with Crippen molar-refractivity contribution in [3.8, 4) is 0 Å². The molecular formula is C13H20O4. The molecule has 4 nitrogen and oxygen atoms in total. The fourth-order valence-corrected chi connectivity index (χ4v) is 0.614. The van der Waals surface area contributed by atoms with E-state index in [1.54, 1.807) is 6.92 Å². The minimum Gasteiger partial charge on any atom is -0.458 e. The Morgan fingerprint density at radius 3 is 2.24 bits per heavy atom. The molecule has 4 heteroatoms. The van der Waals surface area contributed by atoms with E-state index in [4.69, 9.17) is 0 Å². The number of rotatable bonds is 6. The first-order valence-electron chi connectivity index (χ1n) is 5.23. The Balaban J connectivity index is 0. The van der Waals surface area contributed by atoms with Gasteiger partial charge in [0.15, 0.2) is 0 Å². The largest absolute Gasteiger partial charge is 0.458 e. The lowest BCUT2D eigenvalue weighted by Crippen LogP contribution is -2.03. The van der Waals surface area contributed by atoms with Gasteiger partial charge < -0.3 is 9.47 Å². The first-order valence-corrected chi connectivity index (χ1v) is 5.23. The third-order valence-corrected chi connectivity index (χ3v) is 1.35. The molecule has 0 amide bonds. The highest BCUT2D eigenvalue weighted by atomic mass is 16.5. The molecule has 0 heterocycles. The van der Waals surface area contributed by atoms with Gasteiger partial charge in [-0.1, -0.05) is 32.7 Å². The minimum absolute atomic E-state index is 0.206. The van der Waals surface area contributed by atoms with Gasteiger partial charge in [-0.25, -0.2) is 4.79 Å². The fraction of sp³-hybridized carbons (Fsp3) is 0.385.